The summed E-state index contributed by atoms with van der Waals surface area (Å²) >= 11 is 0. The molecule has 0 fully saturated rings. The molecular weight excluding hydrogens is 426 g/mol. The van der Waals surface area contributed by atoms with Gasteiger partial charge in [0.05, 0.1) is 31.5 Å². The van der Waals surface area contributed by atoms with Crippen LogP contribution in [0.4, 0.5) is 0 Å². The molecule has 4 rings (SSSR count). The summed E-state index contributed by atoms with van der Waals surface area (Å²) in [6.07, 6.45) is 6.69. The van der Waals surface area contributed by atoms with E-state index in [9.17, 15) is 9.90 Å². The highest BCUT2D eigenvalue weighted by molar-refractivity contribution is 5.87. The number of aryl methyl sites for hydroxylation is 1. The third-order valence-corrected chi connectivity index (χ3v) is 5.15. The van der Waals surface area contributed by atoms with Crippen LogP contribution in [-0.4, -0.2) is 44.5 Å². The fraction of sp³-hybridized carbons (Fsp3) is 0.261. The Morgan fingerprint density at radius 2 is 1.76 bits per heavy atom. The van der Waals surface area contributed by atoms with Crippen LogP contribution >= 0.6 is 0 Å². The number of aromatic nitrogens is 5. The van der Waals surface area contributed by atoms with E-state index in [0.29, 0.717) is 40.4 Å². The van der Waals surface area contributed by atoms with Gasteiger partial charge in [-0.25, -0.2) is 4.98 Å². The van der Waals surface area contributed by atoms with E-state index in [1.54, 1.807) is 18.2 Å². The van der Waals surface area contributed by atoms with E-state index >= 15 is 0 Å². The first kappa shape index (κ1) is 22.0. The van der Waals surface area contributed by atoms with Crippen molar-refractivity contribution >= 4 is 0 Å². The molecule has 0 saturated heterocycles. The third kappa shape index (κ3) is 4.14. The zero-order chi connectivity index (χ0) is 23.4. The number of nitrogens with one attached hydrogen (secondary N) is 1. The lowest BCUT2D eigenvalue weighted by Crippen LogP contribution is -2.14. The van der Waals surface area contributed by atoms with Gasteiger partial charge in [0.25, 0.3) is 17.3 Å². The van der Waals surface area contributed by atoms with Crippen LogP contribution in [0.1, 0.15) is 25.5 Å². The van der Waals surface area contributed by atoms with Crippen molar-refractivity contribution in [2.24, 2.45) is 0 Å². The lowest BCUT2D eigenvalue weighted by atomic mass is 9.96. The van der Waals surface area contributed by atoms with Crippen molar-refractivity contribution in [1.29, 1.82) is 0 Å². The van der Waals surface area contributed by atoms with Crippen molar-refractivity contribution in [1.82, 2.24) is 25.1 Å². The van der Waals surface area contributed by atoms with E-state index in [1.165, 1.54) is 32.8 Å². The molecule has 0 aliphatic rings. The molecule has 1 aromatic carbocycles. The number of rotatable bonds is 8. The van der Waals surface area contributed by atoms with Gasteiger partial charge in [-0.3, -0.25) is 9.78 Å². The van der Waals surface area contributed by atoms with Gasteiger partial charge >= 0.3 is 0 Å². The van der Waals surface area contributed by atoms with Crippen LogP contribution in [-0.2, 0) is 6.42 Å². The van der Waals surface area contributed by atoms with Gasteiger partial charge in [0, 0.05) is 18.1 Å². The summed E-state index contributed by atoms with van der Waals surface area (Å²) in [5, 5.41) is 19.3. The SMILES string of the molecule is CCCCc1[nH]c(=O)c(-c2nnc(-c3cnccn3)o2)c(O)c1-c1c(OC)cccc1OC. The van der Waals surface area contributed by atoms with Crippen molar-refractivity contribution in [2.45, 2.75) is 26.2 Å². The molecule has 170 valence electrons. The Hall–Kier alpha value is -4.21. The van der Waals surface area contributed by atoms with Gasteiger partial charge in [0.1, 0.15) is 28.5 Å². The molecular formula is C23H23N5O5. The number of unbranched alkanes of at least 4 members (excludes halogenated alkanes) is 1. The molecule has 0 aliphatic carbocycles. The topological polar surface area (TPSA) is 136 Å². The maximum Gasteiger partial charge on any atom is 0.268 e. The monoisotopic (exact) mass is 449 g/mol. The van der Waals surface area contributed by atoms with Crippen LogP contribution in [0.5, 0.6) is 17.2 Å². The van der Waals surface area contributed by atoms with E-state index < -0.39 is 5.56 Å². The molecule has 2 N–H and O–H groups in total. The summed E-state index contributed by atoms with van der Waals surface area (Å²) in [5.41, 5.74) is 1.09. The molecule has 0 aliphatic heterocycles. The summed E-state index contributed by atoms with van der Waals surface area (Å²) in [4.78, 5) is 24.0. The molecule has 0 unspecified atom stereocenters. The van der Waals surface area contributed by atoms with Crippen molar-refractivity contribution in [2.75, 3.05) is 14.2 Å². The average Bonchev–Trinajstić information content (AvgIpc) is 3.32. The third-order valence-electron chi connectivity index (χ3n) is 5.15. The largest absolute Gasteiger partial charge is 0.506 e. The Morgan fingerprint density at radius 1 is 1.03 bits per heavy atom. The maximum absolute atomic E-state index is 13.0. The van der Waals surface area contributed by atoms with Gasteiger partial charge in [0.15, 0.2) is 0 Å². The summed E-state index contributed by atoms with van der Waals surface area (Å²) in [7, 11) is 3.05. The Balaban J connectivity index is 1.96. The van der Waals surface area contributed by atoms with E-state index in [1.807, 2.05) is 6.92 Å². The summed E-state index contributed by atoms with van der Waals surface area (Å²) < 4.78 is 16.8. The Morgan fingerprint density at radius 3 is 2.39 bits per heavy atom. The smallest absolute Gasteiger partial charge is 0.268 e. The number of aromatic hydroxyl groups is 1. The Labute approximate surface area is 189 Å². The second kappa shape index (κ2) is 9.51. The number of hydrogen-bond acceptors (Lipinski definition) is 9. The normalized spacial score (nSPS) is 10.9. The molecule has 0 bridgehead atoms. The first-order valence-electron chi connectivity index (χ1n) is 10.4. The number of methoxy groups -OCH3 is 2. The van der Waals surface area contributed by atoms with E-state index in [-0.39, 0.29) is 23.1 Å². The Bertz CT molecular complexity index is 1290. The van der Waals surface area contributed by atoms with Crippen molar-refractivity contribution < 1.29 is 19.0 Å². The molecule has 0 amide bonds. The fourth-order valence-electron chi connectivity index (χ4n) is 3.58. The molecule has 0 radical (unpaired) electrons. The second-order valence-corrected chi connectivity index (χ2v) is 7.18. The number of ether oxygens (including phenoxy) is 2. The highest BCUT2D eigenvalue weighted by Gasteiger charge is 2.27. The van der Waals surface area contributed by atoms with Gasteiger partial charge in [-0.1, -0.05) is 19.4 Å². The standard InChI is InChI=1S/C23H23N5O5/c1-4-5-7-13-17(18-15(31-2)8-6-9-16(18)32-3)20(29)19(21(30)26-13)23-28-27-22(33-23)14-12-24-10-11-25-14/h6,8-12H,4-5,7H2,1-3H3,(H2,26,29,30). The molecule has 3 heterocycles. The molecule has 3 aromatic heterocycles. The number of pyridine rings is 1. The van der Waals surface area contributed by atoms with Gasteiger partial charge in [-0.15, -0.1) is 10.2 Å². The average molecular weight is 449 g/mol. The minimum absolute atomic E-state index is 0.0726. The van der Waals surface area contributed by atoms with E-state index in [0.717, 1.165) is 12.8 Å². The summed E-state index contributed by atoms with van der Waals surface area (Å²) in [6, 6.07) is 5.29. The van der Waals surface area contributed by atoms with Crippen LogP contribution in [0.3, 0.4) is 0 Å². The number of benzene rings is 1. The minimum atomic E-state index is -0.550. The van der Waals surface area contributed by atoms with Gasteiger partial charge in [0.2, 0.25) is 0 Å². The molecule has 0 atom stereocenters. The highest BCUT2D eigenvalue weighted by atomic mass is 16.5. The van der Waals surface area contributed by atoms with Crippen LogP contribution in [0, 0.1) is 0 Å². The number of nitrogens with zero attached hydrogens (tertiary/aromatic N) is 4. The van der Waals surface area contributed by atoms with Crippen molar-refractivity contribution in [3.05, 3.63) is 52.8 Å². The molecule has 10 nitrogen and oxygen atoms in total. The second-order valence-electron chi connectivity index (χ2n) is 7.18. The minimum Gasteiger partial charge on any atom is -0.506 e. The van der Waals surface area contributed by atoms with Crippen LogP contribution < -0.4 is 15.0 Å². The zero-order valence-electron chi connectivity index (χ0n) is 18.5. The summed E-state index contributed by atoms with van der Waals surface area (Å²) in [5.74, 6) is 0.578. The molecule has 4 aromatic rings. The van der Waals surface area contributed by atoms with Crippen LogP contribution in [0.2, 0.25) is 0 Å². The lowest BCUT2D eigenvalue weighted by molar-refractivity contribution is 0.396. The molecule has 0 saturated carbocycles. The molecule has 0 spiro atoms. The van der Waals surface area contributed by atoms with Gasteiger partial charge < -0.3 is 24.0 Å². The zero-order valence-corrected chi connectivity index (χ0v) is 18.5. The van der Waals surface area contributed by atoms with E-state index in [4.69, 9.17) is 13.9 Å². The first-order valence-corrected chi connectivity index (χ1v) is 10.4. The number of hydrogen-bond donors (Lipinski definition) is 2. The predicted molar refractivity (Wildman–Crippen MR) is 120 cm³/mol. The number of aromatic amines is 1. The predicted octanol–water partition coefficient (Wildman–Crippen LogP) is 3.61. The van der Waals surface area contributed by atoms with Crippen LogP contribution in [0.15, 0.2) is 46.0 Å². The van der Waals surface area contributed by atoms with Gasteiger partial charge in [-0.2, -0.15) is 0 Å². The van der Waals surface area contributed by atoms with Crippen molar-refractivity contribution in [3.8, 4) is 51.4 Å². The molecule has 10 heteroatoms. The molecule has 33 heavy (non-hydrogen) atoms. The maximum atomic E-state index is 13.0. The summed E-state index contributed by atoms with van der Waals surface area (Å²) in [6.45, 7) is 2.04. The van der Waals surface area contributed by atoms with Crippen molar-refractivity contribution in [3.63, 3.8) is 0 Å². The quantitative estimate of drug-likeness (QED) is 0.413. The Kier molecular flexibility index (Phi) is 6.34. The first-order chi connectivity index (χ1) is 16.1. The van der Waals surface area contributed by atoms with Gasteiger partial charge in [-0.05, 0) is 25.0 Å². The fourth-order valence-corrected chi connectivity index (χ4v) is 3.58. The highest BCUT2D eigenvalue weighted by Crippen LogP contribution is 2.46. The van der Waals surface area contributed by atoms with E-state index in [2.05, 4.69) is 25.1 Å². The number of H-pyrrole nitrogens is 1. The van der Waals surface area contributed by atoms with Crippen LogP contribution in [0.25, 0.3) is 34.2 Å². The lowest BCUT2D eigenvalue weighted by Gasteiger charge is -2.18.